The van der Waals surface area contributed by atoms with Gasteiger partial charge in [0, 0.05) is 34.4 Å². The van der Waals surface area contributed by atoms with Crippen molar-refractivity contribution in [3.63, 3.8) is 0 Å². The minimum Gasteiger partial charge on any atom is -0.339 e. The van der Waals surface area contributed by atoms with E-state index in [-0.39, 0.29) is 16.9 Å². The molecular weight excluding hydrogens is 438 g/mol. The summed E-state index contributed by atoms with van der Waals surface area (Å²) in [4.78, 5) is 26.7. The number of halogens is 1. The van der Waals surface area contributed by atoms with E-state index >= 15 is 0 Å². The van der Waals surface area contributed by atoms with Gasteiger partial charge in [-0.15, -0.1) is 0 Å². The fourth-order valence-corrected chi connectivity index (χ4v) is 3.50. The van der Waals surface area contributed by atoms with E-state index in [9.17, 15) is 9.59 Å². The SMILES string of the molecule is CC1CCN(C(=O)c2ccc(NC(=S)NC(=O)c3ccc(Br)cc3)cc2)CC1. The Morgan fingerprint density at radius 3 is 2.18 bits per heavy atom. The molecule has 2 N–H and O–H groups in total. The average Bonchev–Trinajstić information content (AvgIpc) is 2.69. The predicted octanol–water partition coefficient (Wildman–Crippen LogP) is 4.45. The van der Waals surface area contributed by atoms with Gasteiger partial charge in [0.2, 0.25) is 0 Å². The summed E-state index contributed by atoms with van der Waals surface area (Å²) in [5.74, 6) is 0.463. The number of nitrogens with one attached hydrogen (secondary N) is 2. The maximum absolute atomic E-state index is 12.6. The fourth-order valence-electron chi connectivity index (χ4n) is 3.03. The van der Waals surface area contributed by atoms with E-state index < -0.39 is 0 Å². The van der Waals surface area contributed by atoms with Crippen LogP contribution in [-0.4, -0.2) is 34.9 Å². The summed E-state index contributed by atoms with van der Waals surface area (Å²) < 4.78 is 0.901. The monoisotopic (exact) mass is 459 g/mol. The Morgan fingerprint density at radius 1 is 1.00 bits per heavy atom. The van der Waals surface area contributed by atoms with E-state index in [4.69, 9.17) is 12.2 Å². The molecule has 2 aromatic rings. The maximum atomic E-state index is 12.6. The third kappa shape index (κ3) is 5.39. The van der Waals surface area contributed by atoms with E-state index in [0.29, 0.717) is 22.7 Å². The standard InChI is InChI=1S/C21H22BrN3O2S/c1-14-10-12-25(13-11-14)20(27)16-4-8-18(9-5-16)23-21(28)24-19(26)15-2-6-17(22)7-3-15/h2-9,14H,10-13H2,1H3,(H2,23,24,26,28). The van der Waals surface area contributed by atoms with Gasteiger partial charge >= 0.3 is 0 Å². The molecule has 0 aromatic heterocycles. The Balaban J connectivity index is 1.54. The van der Waals surface area contributed by atoms with Crippen LogP contribution in [-0.2, 0) is 0 Å². The molecule has 0 aliphatic carbocycles. The summed E-state index contributed by atoms with van der Waals surface area (Å²) in [6.45, 7) is 3.85. The van der Waals surface area contributed by atoms with Crippen LogP contribution in [0.25, 0.3) is 0 Å². The van der Waals surface area contributed by atoms with Gasteiger partial charge in [-0.1, -0.05) is 22.9 Å². The molecule has 5 nitrogen and oxygen atoms in total. The molecule has 0 atom stereocenters. The van der Waals surface area contributed by atoms with Crippen LogP contribution in [0.4, 0.5) is 5.69 Å². The highest BCUT2D eigenvalue weighted by Crippen LogP contribution is 2.19. The molecule has 1 aliphatic rings. The molecule has 7 heteroatoms. The van der Waals surface area contributed by atoms with Gasteiger partial charge in [-0.25, -0.2) is 0 Å². The van der Waals surface area contributed by atoms with Crippen molar-refractivity contribution in [1.82, 2.24) is 10.2 Å². The van der Waals surface area contributed by atoms with Crippen molar-refractivity contribution in [3.05, 3.63) is 64.1 Å². The lowest BCUT2D eigenvalue weighted by Gasteiger charge is -2.30. The Kier molecular flexibility index (Phi) is 6.80. The van der Waals surface area contributed by atoms with Crippen LogP contribution < -0.4 is 10.6 Å². The van der Waals surface area contributed by atoms with Crippen molar-refractivity contribution in [2.75, 3.05) is 18.4 Å². The molecule has 3 rings (SSSR count). The third-order valence-corrected chi connectivity index (χ3v) is 5.53. The van der Waals surface area contributed by atoms with Crippen LogP contribution in [0, 0.1) is 5.92 Å². The Hall–Kier alpha value is -2.25. The van der Waals surface area contributed by atoms with E-state index in [2.05, 4.69) is 33.5 Å². The summed E-state index contributed by atoms with van der Waals surface area (Å²) in [6, 6.07) is 14.2. The first-order valence-corrected chi connectivity index (χ1v) is 10.4. The van der Waals surface area contributed by atoms with E-state index in [1.54, 1.807) is 48.5 Å². The average molecular weight is 460 g/mol. The Morgan fingerprint density at radius 2 is 1.57 bits per heavy atom. The van der Waals surface area contributed by atoms with Gasteiger partial charge in [0.25, 0.3) is 11.8 Å². The zero-order chi connectivity index (χ0) is 20.1. The number of rotatable bonds is 3. The zero-order valence-electron chi connectivity index (χ0n) is 15.6. The molecule has 2 aromatic carbocycles. The summed E-state index contributed by atoms with van der Waals surface area (Å²) in [6.07, 6.45) is 2.11. The summed E-state index contributed by atoms with van der Waals surface area (Å²) in [5, 5.41) is 5.82. The molecule has 1 heterocycles. The van der Waals surface area contributed by atoms with Crippen LogP contribution >= 0.6 is 28.1 Å². The number of likely N-dealkylation sites (tertiary alicyclic amines) is 1. The highest BCUT2D eigenvalue weighted by Gasteiger charge is 2.21. The summed E-state index contributed by atoms with van der Waals surface area (Å²) in [5.41, 5.74) is 1.89. The topological polar surface area (TPSA) is 61.4 Å². The number of carbonyl (C=O) groups excluding carboxylic acids is 2. The normalized spacial score (nSPS) is 14.4. The second kappa shape index (κ2) is 9.30. The molecule has 0 spiro atoms. The highest BCUT2D eigenvalue weighted by atomic mass is 79.9. The lowest BCUT2D eigenvalue weighted by molar-refractivity contribution is 0.0697. The predicted molar refractivity (Wildman–Crippen MR) is 119 cm³/mol. The van der Waals surface area contributed by atoms with E-state index in [0.717, 1.165) is 30.4 Å². The van der Waals surface area contributed by atoms with Gasteiger partial charge < -0.3 is 10.2 Å². The highest BCUT2D eigenvalue weighted by molar-refractivity contribution is 9.10. The number of hydrogen-bond acceptors (Lipinski definition) is 3. The van der Waals surface area contributed by atoms with Gasteiger partial charge in [-0.3, -0.25) is 14.9 Å². The maximum Gasteiger partial charge on any atom is 0.257 e. The van der Waals surface area contributed by atoms with Crippen LogP contribution in [0.1, 0.15) is 40.5 Å². The minimum absolute atomic E-state index is 0.0598. The number of hydrogen-bond donors (Lipinski definition) is 2. The van der Waals surface area contributed by atoms with Crippen molar-refractivity contribution in [1.29, 1.82) is 0 Å². The number of nitrogens with zero attached hydrogens (tertiary/aromatic N) is 1. The third-order valence-electron chi connectivity index (χ3n) is 4.79. The molecule has 0 bridgehead atoms. The van der Waals surface area contributed by atoms with Crippen molar-refractivity contribution in [3.8, 4) is 0 Å². The smallest absolute Gasteiger partial charge is 0.257 e. The van der Waals surface area contributed by atoms with Crippen LogP contribution in [0.15, 0.2) is 53.0 Å². The van der Waals surface area contributed by atoms with Gasteiger partial charge in [0.05, 0.1) is 0 Å². The minimum atomic E-state index is -0.281. The molecule has 1 aliphatic heterocycles. The van der Waals surface area contributed by atoms with Crippen molar-refractivity contribution >= 4 is 50.8 Å². The molecule has 2 amide bonds. The number of amides is 2. The first-order chi connectivity index (χ1) is 13.4. The molecular formula is C21H22BrN3O2S. The van der Waals surface area contributed by atoms with Gasteiger partial charge in [0.15, 0.2) is 5.11 Å². The number of anilines is 1. The quantitative estimate of drug-likeness (QED) is 0.665. The Bertz CT molecular complexity index is 860. The Labute approximate surface area is 178 Å². The lowest BCUT2D eigenvalue weighted by atomic mass is 9.98. The number of thiocarbonyl (C=S) groups is 1. The number of piperidine rings is 1. The molecule has 1 fully saturated rings. The first-order valence-electron chi connectivity index (χ1n) is 9.19. The molecule has 0 saturated carbocycles. The summed E-state index contributed by atoms with van der Waals surface area (Å²) >= 11 is 8.55. The second-order valence-corrected chi connectivity index (χ2v) is 8.29. The number of benzene rings is 2. The fraction of sp³-hybridized carbons (Fsp3) is 0.286. The molecule has 1 saturated heterocycles. The van der Waals surface area contributed by atoms with Crippen molar-refractivity contribution in [2.45, 2.75) is 19.8 Å². The second-order valence-electron chi connectivity index (χ2n) is 6.97. The zero-order valence-corrected chi connectivity index (χ0v) is 18.0. The van der Waals surface area contributed by atoms with E-state index in [1.165, 1.54) is 0 Å². The van der Waals surface area contributed by atoms with Crippen LogP contribution in [0.2, 0.25) is 0 Å². The van der Waals surface area contributed by atoms with Crippen LogP contribution in [0.3, 0.4) is 0 Å². The van der Waals surface area contributed by atoms with Gasteiger partial charge in [-0.2, -0.15) is 0 Å². The molecule has 28 heavy (non-hydrogen) atoms. The van der Waals surface area contributed by atoms with Crippen molar-refractivity contribution < 1.29 is 9.59 Å². The van der Waals surface area contributed by atoms with E-state index in [1.807, 2.05) is 4.90 Å². The molecule has 146 valence electrons. The van der Waals surface area contributed by atoms with Gasteiger partial charge in [0.1, 0.15) is 0 Å². The van der Waals surface area contributed by atoms with Crippen LogP contribution in [0.5, 0.6) is 0 Å². The van der Waals surface area contributed by atoms with Gasteiger partial charge in [-0.05, 0) is 79.5 Å². The first kappa shape index (κ1) is 20.5. The largest absolute Gasteiger partial charge is 0.339 e. The molecule has 0 radical (unpaired) electrons. The summed E-state index contributed by atoms with van der Waals surface area (Å²) in [7, 11) is 0. The number of carbonyl (C=O) groups is 2. The van der Waals surface area contributed by atoms with Crippen molar-refractivity contribution in [2.24, 2.45) is 5.92 Å². The molecule has 0 unspecified atom stereocenters. The lowest BCUT2D eigenvalue weighted by Crippen LogP contribution is -2.37.